The lowest BCUT2D eigenvalue weighted by molar-refractivity contribution is 0.100. The molecule has 30 heavy (non-hydrogen) atoms. The van der Waals surface area contributed by atoms with Gasteiger partial charge in [0, 0.05) is 56.4 Å². The highest BCUT2D eigenvalue weighted by atomic mass is 35.5. The monoisotopic (exact) mass is 478 g/mol. The minimum Gasteiger partial charge on any atom is -0.385 e. The predicted molar refractivity (Wildman–Crippen MR) is 124 cm³/mol. The second-order valence-electron chi connectivity index (χ2n) is 7.31. The minimum absolute atomic E-state index is 0. The average Bonchev–Trinajstić information content (AvgIpc) is 2.96. The lowest BCUT2D eigenvalue weighted by Crippen LogP contribution is -2.53. The van der Waals surface area contributed by atoms with Crippen LogP contribution < -0.4 is 5.32 Å². The van der Waals surface area contributed by atoms with Gasteiger partial charge in [0.2, 0.25) is 0 Å². The van der Waals surface area contributed by atoms with Crippen molar-refractivity contribution in [2.45, 2.75) is 19.4 Å². The summed E-state index contributed by atoms with van der Waals surface area (Å²) in [6.45, 7) is 5.28. The molecule has 0 unspecified atom stereocenters. The van der Waals surface area contributed by atoms with Gasteiger partial charge in [-0.3, -0.25) is 4.90 Å². The molecule has 0 radical (unpaired) electrons. The Morgan fingerprint density at radius 3 is 2.67 bits per heavy atom. The molecule has 1 aromatic heterocycles. The molecule has 2 aliphatic heterocycles. The smallest absolute Gasteiger partial charge is 0.161 e. The summed E-state index contributed by atoms with van der Waals surface area (Å²) >= 11 is 1.59. The zero-order valence-corrected chi connectivity index (χ0v) is 19.5. The summed E-state index contributed by atoms with van der Waals surface area (Å²) in [7, 11) is 3.84. The molecule has 2 aliphatic rings. The van der Waals surface area contributed by atoms with Gasteiger partial charge in [-0.25, -0.2) is 13.8 Å². The highest BCUT2D eigenvalue weighted by Gasteiger charge is 2.30. The first-order valence-corrected chi connectivity index (χ1v) is 10.2. The number of nitrogens with zero attached hydrogens (tertiary/aromatic N) is 3. The van der Waals surface area contributed by atoms with E-state index in [0.717, 1.165) is 47.3 Å². The number of benzene rings is 1. The van der Waals surface area contributed by atoms with Gasteiger partial charge in [-0.2, -0.15) is 0 Å². The second-order valence-corrected chi connectivity index (χ2v) is 8.56. The number of fused-ring (bicyclic) bond motifs is 2. The summed E-state index contributed by atoms with van der Waals surface area (Å²) < 4.78 is 32.9. The maximum atomic E-state index is 13.9. The number of nitrogens with one attached hydrogen (secondary N) is 1. The topological polar surface area (TPSA) is 40.1 Å². The third-order valence-corrected chi connectivity index (χ3v) is 6.31. The number of thiophene rings is 1. The number of hydrogen-bond acceptors (Lipinski definition) is 6. The number of amidine groups is 1. The largest absolute Gasteiger partial charge is 0.385 e. The molecule has 0 aliphatic carbocycles. The molecule has 166 valence electrons. The van der Waals surface area contributed by atoms with Crippen molar-refractivity contribution in [3.63, 3.8) is 0 Å². The molecule has 10 heteroatoms. The molecular weight excluding hydrogens is 453 g/mol. The summed E-state index contributed by atoms with van der Waals surface area (Å²) in [4.78, 5) is 10.5. The first-order valence-electron chi connectivity index (χ1n) is 9.36. The molecule has 0 saturated carbocycles. The number of piperazine rings is 1. The van der Waals surface area contributed by atoms with Crippen LogP contribution in [0.3, 0.4) is 0 Å². The van der Waals surface area contributed by atoms with Crippen LogP contribution in [0.5, 0.6) is 0 Å². The molecule has 1 N–H and O–H groups in total. The first kappa shape index (κ1) is 24.8. The zero-order chi connectivity index (χ0) is 19.8. The number of likely N-dealkylation sites (N-methyl/N-ethyl adjacent to an activating group) is 1. The fraction of sp³-hybridized carbons (Fsp3) is 0.450. The number of aryl methyl sites for hydroxylation is 1. The molecular formula is C20H26Cl2F2N4OS. The van der Waals surface area contributed by atoms with Crippen LogP contribution in [0.1, 0.15) is 16.9 Å². The van der Waals surface area contributed by atoms with Gasteiger partial charge in [-0.1, -0.05) is 0 Å². The van der Waals surface area contributed by atoms with Crippen LogP contribution >= 0.6 is 36.2 Å². The molecule has 1 fully saturated rings. The van der Waals surface area contributed by atoms with Gasteiger partial charge in [0.25, 0.3) is 0 Å². The molecule has 3 heterocycles. The van der Waals surface area contributed by atoms with Gasteiger partial charge in [0.05, 0.1) is 16.9 Å². The van der Waals surface area contributed by atoms with Crippen molar-refractivity contribution in [1.29, 1.82) is 0 Å². The number of methoxy groups -OCH3 is 1. The van der Waals surface area contributed by atoms with Crippen molar-refractivity contribution in [2.75, 3.05) is 45.7 Å². The third kappa shape index (κ3) is 4.89. The van der Waals surface area contributed by atoms with E-state index in [1.165, 1.54) is 12.1 Å². The lowest BCUT2D eigenvalue weighted by atomic mass is 10.1. The Morgan fingerprint density at radius 2 is 1.93 bits per heavy atom. The van der Waals surface area contributed by atoms with Crippen LogP contribution in [0, 0.1) is 18.6 Å². The highest BCUT2D eigenvalue weighted by molar-refractivity contribution is 7.16. The molecule has 1 saturated heterocycles. The number of aliphatic imine (C=N–C) groups is 1. The van der Waals surface area contributed by atoms with E-state index in [1.54, 1.807) is 18.4 Å². The molecule has 0 amide bonds. The van der Waals surface area contributed by atoms with Crippen LogP contribution in [0.15, 0.2) is 23.2 Å². The van der Waals surface area contributed by atoms with Crippen LogP contribution in [0.4, 0.5) is 25.2 Å². The summed E-state index contributed by atoms with van der Waals surface area (Å²) in [5, 5.41) is 4.17. The summed E-state index contributed by atoms with van der Waals surface area (Å²) in [6.07, 6.45) is 0.932. The van der Waals surface area contributed by atoms with Gasteiger partial charge in [0.1, 0.15) is 10.8 Å². The van der Waals surface area contributed by atoms with Crippen LogP contribution in [-0.2, 0) is 4.74 Å². The van der Waals surface area contributed by atoms with Gasteiger partial charge in [0.15, 0.2) is 11.6 Å². The van der Waals surface area contributed by atoms with E-state index in [1.807, 2.05) is 6.92 Å². The quantitative estimate of drug-likeness (QED) is 0.675. The minimum atomic E-state index is -0.888. The van der Waals surface area contributed by atoms with Crippen molar-refractivity contribution >= 4 is 58.4 Å². The van der Waals surface area contributed by atoms with E-state index in [-0.39, 0.29) is 24.8 Å². The van der Waals surface area contributed by atoms with Crippen LogP contribution in [0.2, 0.25) is 0 Å². The van der Waals surface area contributed by atoms with Gasteiger partial charge in [-0.15, -0.1) is 36.2 Å². The number of ether oxygens (including phenoxy) is 1. The Kier molecular flexibility index (Phi) is 8.47. The van der Waals surface area contributed by atoms with Crippen molar-refractivity contribution < 1.29 is 13.5 Å². The van der Waals surface area contributed by atoms with E-state index in [0.29, 0.717) is 24.0 Å². The Bertz CT molecular complexity index is 924. The lowest BCUT2D eigenvalue weighted by Gasteiger charge is -2.40. The first-order chi connectivity index (χ1) is 13.5. The number of hydrogen-bond donors (Lipinski definition) is 1. The van der Waals surface area contributed by atoms with Gasteiger partial charge >= 0.3 is 0 Å². The van der Waals surface area contributed by atoms with Crippen LogP contribution in [0.25, 0.3) is 0 Å². The van der Waals surface area contributed by atoms with E-state index in [9.17, 15) is 8.78 Å². The Labute approximate surface area is 191 Å². The standard InChI is InChI=1S/C20H24F2N4OS.2ClH/c1-12-8-14-19(26-6-5-25(2)13(11-26)4-7-27-3)23-17-9-15(21)16(22)10-18(17)24-20(14)28-12;;/h8-10,13,24H,4-7,11H2,1-3H3;2*1H/t13-;;/m0../s1. The maximum absolute atomic E-state index is 13.9. The predicted octanol–water partition coefficient (Wildman–Crippen LogP) is 4.97. The molecule has 0 bridgehead atoms. The molecule has 0 spiro atoms. The number of halogens is 4. The van der Waals surface area contributed by atoms with E-state index >= 15 is 0 Å². The highest BCUT2D eigenvalue weighted by Crippen LogP contribution is 2.40. The van der Waals surface area contributed by atoms with Gasteiger partial charge < -0.3 is 15.0 Å². The molecule has 4 rings (SSSR count). The SMILES string of the molecule is COCC[C@H]1CN(C2=Nc3cc(F)c(F)cc3Nc3sc(C)cc32)CCN1C.Cl.Cl. The summed E-state index contributed by atoms with van der Waals surface area (Å²) in [5.41, 5.74) is 1.89. The second kappa shape index (κ2) is 10.2. The molecule has 1 atom stereocenters. The van der Waals surface area contributed by atoms with E-state index < -0.39 is 11.6 Å². The molecule has 5 nitrogen and oxygen atoms in total. The number of anilines is 2. The van der Waals surface area contributed by atoms with Crippen molar-refractivity contribution in [2.24, 2.45) is 4.99 Å². The molecule has 2 aromatic rings. The number of rotatable bonds is 3. The van der Waals surface area contributed by atoms with Gasteiger partial charge in [-0.05, 0) is 26.5 Å². The van der Waals surface area contributed by atoms with Crippen molar-refractivity contribution in [1.82, 2.24) is 9.80 Å². The maximum Gasteiger partial charge on any atom is 0.161 e. The Hall–Kier alpha value is -1.45. The molecule has 1 aromatic carbocycles. The Balaban J connectivity index is 0.00000160. The fourth-order valence-corrected chi connectivity index (χ4v) is 4.66. The summed E-state index contributed by atoms with van der Waals surface area (Å²) in [6, 6.07) is 4.79. The zero-order valence-electron chi connectivity index (χ0n) is 17.1. The van der Waals surface area contributed by atoms with E-state index in [2.05, 4.69) is 28.2 Å². The van der Waals surface area contributed by atoms with Crippen molar-refractivity contribution in [3.8, 4) is 0 Å². The fourth-order valence-electron chi connectivity index (χ4n) is 3.74. The summed E-state index contributed by atoms with van der Waals surface area (Å²) in [5.74, 6) is -0.951. The average molecular weight is 479 g/mol. The van der Waals surface area contributed by atoms with Crippen LogP contribution in [-0.4, -0.2) is 62.1 Å². The Morgan fingerprint density at radius 1 is 1.20 bits per heavy atom. The van der Waals surface area contributed by atoms with E-state index in [4.69, 9.17) is 9.73 Å². The third-order valence-electron chi connectivity index (χ3n) is 5.34. The normalized spacial score (nSPS) is 18.2. The van der Waals surface area contributed by atoms with Crippen molar-refractivity contribution in [3.05, 3.63) is 40.3 Å².